The molecule has 6 nitrogen and oxygen atoms in total. The number of aliphatic hydroxyl groups is 1. The molecule has 0 radical (unpaired) electrons. The van der Waals surface area contributed by atoms with E-state index >= 15 is 0 Å². The zero-order chi connectivity index (χ0) is 13.2. The Balaban J connectivity index is 2.30. The molecule has 2 N–H and O–H groups in total. The average molecular weight is 268 g/mol. The second-order valence-electron chi connectivity index (χ2n) is 3.67. The Hall–Kier alpha value is -1.86. The standard InChI is InChI=1S/C11H12N2O4S/c1-8-6-12-5-4-10(8)13-18(15,16)11-3-2-9(7-14)17-11/h2-6,14H,7H2,1H3,(H,12,13). The lowest BCUT2D eigenvalue weighted by Crippen LogP contribution is -2.13. The number of pyridine rings is 1. The van der Waals surface area contributed by atoms with Gasteiger partial charge in [-0.3, -0.25) is 9.71 Å². The zero-order valence-electron chi connectivity index (χ0n) is 9.62. The third kappa shape index (κ3) is 2.52. The summed E-state index contributed by atoms with van der Waals surface area (Å²) < 4.78 is 31.3. The molecule has 0 bridgehead atoms. The van der Waals surface area contributed by atoms with Crippen LogP contribution >= 0.6 is 0 Å². The van der Waals surface area contributed by atoms with Crippen molar-refractivity contribution in [3.63, 3.8) is 0 Å². The molecule has 7 heteroatoms. The van der Waals surface area contributed by atoms with Gasteiger partial charge in [0.05, 0.1) is 5.69 Å². The Morgan fingerprint density at radius 1 is 1.39 bits per heavy atom. The van der Waals surface area contributed by atoms with Gasteiger partial charge in [0, 0.05) is 12.4 Å². The number of sulfonamides is 1. The molecule has 0 unspecified atom stereocenters. The van der Waals surface area contributed by atoms with E-state index in [9.17, 15) is 8.42 Å². The number of hydrogen-bond donors (Lipinski definition) is 2. The fourth-order valence-electron chi connectivity index (χ4n) is 1.37. The van der Waals surface area contributed by atoms with Gasteiger partial charge in [-0.2, -0.15) is 8.42 Å². The number of hydrogen-bond acceptors (Lipinski definition) is 5. The molecule has 0 saturated heterocycles. The van der Waals surface area contributed by atoms with Crippen molar-refractivity contribution in [1.82, 2.24) is 4.98 Å². The lowest BCUT2D eigenvalue weighted by molar-refractivity contribution is 0.236. The molecule has 0 aliphatic carbocycles. The molecule has 2 aromatic heterocycles. The van der Waals surface area contributed by atoms with Crippen molar-refractivity contribution >= 4 is 15.7 Å². The van der Waals surface area contributed by atoms with Crippen molar-refractivity contribution in [1.29, 1.82) is 0 Å². The summed E-state index contributed by atoms with van der Waals surface area (Å²) in [7, 11) is -3.78. The Bertz CT molecular complexity index is 649. The average Bonchev–Trinajstić information content (AvgIpc) is 2.81. The van der Waals surface area contributed by atoms with Gasteiger partial charge in [-0.25, -0.2) is 0 Å². The number of furan rings is 1. The highest BCUT2D eigenvalue weighted by molar-refractivity contribution is 7.92. The van der Waals surface area contributed by atoms with Crippen molar-refractivity contribution in [3.8, 4) is 0 Å². The van der Waals surface area contributed by atoms with Gasteiger partial charge >= 0.3 is 0 Å². The number of nitrogens with zero attached hydrogens (tertiary/aromatic N) is 1. The summed E-state index contributed by atoms with van der Waals surface area (Å²) in [6.45, 7) is 1.40. The second-order valence-corrected chi connectivity index (χ2v) is 5.29. The monoisotopic (exact) mass is 268 g/mol. The number of aryl methyl sites for hydroxylation is 1. The molecule has 0 amide bonds. The maximum absolute atomic E-state index is 12.0. The number of anilines is 1. The van der Waals surface area contributed by atoms with E-state index in [1.807, 2.05) is 0 Å². The van der Waals surface area contributed by atoms with Crippen LogP contribution in [0.1, 0.15) is 11.3 Å². The molecule has 2 rings (SSSR count). The molecular weight excluding hydrogens is 256 g/mol. The van der Waals surface area contributed by atoms with Gasteiger partial charge in [0.15, 0.2) is 0 Å². The highest BCUT2D eigenvalue weighted by Crippen LogP contribution is 2.20. The summed E-state index contributed by atoms with van der Waals surface area (Å²) in [4.78, 5) is 3.87. The van der Waals surface area contributed by atoms with Crippen molar-refractivity contribution < 1.29 is 17.9 Å². The molecule has 2 heterocycles. The molecule has 0 saturated carbocycles. The van der Waals surface area contributed by atoms with Crippen LogP contribution in [0.4, 0.5) is 5.69 Å². The van der Waals surface area contributed by atoms with E-state index < -0.39 is 10.0 Å². The topological polar surface area (TPSA) is 92.4 Å². The highest BCUT2D eigenvalue weighted by Gasteiger charge is 2.19. The molecule has 0 aliphatic rings. The number of rotatable bonds is 4. The molecule has 18 heavy (non-hydrogen) atoms. The van der Waals surface area contributed by atoms with Crippen LogP contribution in [0.15, 0.2) is 40.1 Å². The van der Waals surface area contributed by atoms with Gasteiger partial charge in [-0.15, -0.1) is 0 Å². The SMILES string of the molecule is Cc1cnccc1NS(=O)(=O)c1ccc(CO)o1. The summed E-state index contributed by atoms with van der Waals surface area (Å²) in [6.07, 6.45) is 3.05. The Labute approximate surface area is 104 Å². The largest absolute Gasteiger partial charge is 0.445 e. The maximum atomic E-state index is 12.0. The minimum absolute atomic E-state index is 0.196. The van der Waals surface area contributed by atoms with E-state index in [2.05, 4.69) is 9.71 Å². The zero-order valence-corrected chi connectivity index (χ0v) is 10.4. The van der Waals surface area contributed by atoms with Crippen molar-refractivity contribution in [3.05, 3.63) is 41.9 Å². The molecule has 0 aliphatic heterocycles. The van der Waals surface area contributed by atoms with E-state index in [0.29, 0.717) is 11.3 Å². The first-order valence-corrected chi connectivity index (χ1v) is 6.64. The summed E-state index contributed by atoms with van der Waals surface area (Å²) in [5.74, 6) is 0.196. The molecule has 0 fully saturated rings. The van der Waals surface area contributed by atoms with Crippen LogP contribution in [0.2, 0.25) is 0 Å². The first-order valence-electron chi connectivity index (χ1n) is 5.16. The van der Waals surface area contributed by atoms with Crippen molar-refractivity contribution in [2.24, 2.45) is 0 Å². The minimum atomic E-state index is -3.78. The van der Waals surface area contributed by atoms with Crippen LogP contribution in [0.5, 0.6) is 0 Å². The number of aromatic nitrogens is 1. The van der Waals surface area contributed by atoms with Crippen LogP contribution in [-0.2, 0) is 16.6 Å². The normalized spacial score (nSPS) is 11.4. The lowest BCUT2D eigenvalue weighted by atomic mass is 10.3. The molecule has 0 atom stereocenters. The minimum Gasteiger partial charge on any atom is -0.445 e. The van der Waals surface area contributed by atoms with Crippen molar-refractivity contribution in [2.45, 2.75) is 18.6 Å². The summed E-state index contributed by atoms with van der Waals surface area (Å²) in [6, 6.07) is 4.27. The van der Waals surface area contributed by atoms with Crippen LogP contribution in [0.25, 0.3) is 0 Å². The summed E-state index contributed by atoms with van der Waals surface area (Å²) in [5, 5.41) is 8.60. The van der Waals surface area contributed by atoms with Gasteiger partial charge in [0.25, 0.3) is 10.0 Å². The first kappa shape index (κ1) is 12.6. The van der Waals surface area contributed by atoms with Gasteiger partial charge in [-0.05, 0) is 30.7 Å². The summed E-state index contributed by atoms with van der Waals surface area (Å²) in [5.41, 5.74) is 1.14. The number of aliphatic hydroxyl groups excluding tert-OH is 1. The van der Waals surface area contributed by atoms with Gasteiger partial charge in [0.2, 0.25) is 5.09 Å². The van der Waals surface area contributed by atoms with Crippen LogP contribution in [0.3, 0.4) is 0 Å². The van der Waals surface area contributed by atoms with E-state index in [4.69, 9.17) is 9.52 Å². The molecular formula is C11H12N2O4S. The highest BCUT2D eigenvalue weighted by atomic mass is 32.2. The Morgan fingerprint density at radius 2 is 2.17 bits per heavy atom. The van der Waals surface area contributed by atoms with Crippen molar-refractivity contribution in [2.75, 3.05) is 4.72 Å². The van der Waals surface area contributed by atoms with Crippen LogP contribution in [-0.4, -0.2) is 18.5 Å². The van der Waals surface area contributed by atoms with Crippen LogP contribution in [0, 0.1) is 6.92 Å². The third-order valence-electron chi connectivity index (χ3n) is 2.32. The molecule has 0 aromatic carbocycles. The van der Waals surface area contributed by atoms with Crippen LogP contribution < -0.4 is 4.72 Å². The predicted octanol–water partition coefficient (Wildman–Crippen LogP) is 1.28. The van der Waals surface area contributed by atoms with Gasteiger partial charge < -0.3 is 9.52 Å². The second kappa shape index (κ2) is 4.79. The third-order valence-corrected chi connectivity index (χ3v) is 3.56. The maximum Gasteiger partial charge on any atom is 0.295 e. The molecule has 96 valence electrons. The molecule has 2 aromatic rings. The Morgan fingerprint density at radius 3 is 2.78 bits per heavy atom. The lowest BCUT2D eigenvalue weighted by Gasteiger charge is -2.07. The van der Waals surface area contributed by atoms with Gasteiger partial charge in [0.1, 0.15) is 12.4 Å². The Kier molecular flexibility index (Phi) is 3.35. The summed E-state index contributed by atoms with van der Waals surface area (Å²) >= 11 is 0. The fourth-order valence-corrected chi connectivity index (χ4v) is 2.45. The quantitative estimate of drug-likeness (QED) is 0.871. The molecule has 0 spiro atoms. The first-order chi connectivity index (χ1) is 8.53. The fraction of sp³-hybridized carbons (Fsp3) is 0.182. The van der Waals surface area contributed by atoms with E-state index in [1.165, 1.54) is 18.3 Å². The van der Waals surface area contributed by atoms with Gasteiger partial charge in [-0.1, -0.05) is 0 Å². The smallest absolute Gasteiger partial charge is 0.295 e. The number of nitrogens with one attached hydrogen (secondary N) is 1. The van der Waals surface area contributed by atoms with E-state index in [1.54, 1.807) is 19.2 Å². The van der Waals surface area contributed by atoms with E-state index in [-0.39, 0.29) is 17.5 Å². The van der Waals surface area contributed by atoms with E-state index in [0.717, 1.165) is 0 Å². The predicted molar refractivity (Wildman–Crippen MR) is 64.4 cm³/mol.